The van der Waals surface area contributed by atoms with Crippen molar-refractivity contribution >= 4 is 30.9 Å². The Morgan fingerprint density at radius 1 is 0.440 bits per heavy atom. The second kappa shape index (κ2) is 23.8. The van der Waals surface area contributed by atoms with Crippen LogP contribution in [0.3, 0.4) is 0 Å². The van der Waals surface area contributed by atoms with E-state index in [1.54, 1.807) is 0 Å². The zero-order chi connectivity index (χ0) is 35.1. The fourth-order valence-electron chi connectivity index (χ4n) is 7.60. The summed E-state index contributed by atoms with van der Waals surface area (Å²) in [5.41, 5.74) is 8.20. The normalized spacial score (nSPS) is 11.6. The Morgan fingerprint density at radius 2 is 0.880 bits per heavy atom. The summed E-state index contributed by atoms with van der Waals surface area (Å²) in [5, 5.41) is 0. The Labute approximate surface area is 317 Å². The third-order valence-corrected chi connectivity index (χ3v) is 11.2. The molecule has 4 rings (SSSR count). The van der Waals surface area contributed by atoms with Crippen molar-refractivity contribution < 1.29 is 0 Å². The van der Waals surface area contributed by atoms with Crippen molar-refractivity contribution in [1.29, 1.82) is 0 Å². The molecular weight excluding hydrogens is 643 g/mol. The summed E-state index contributed by atoms with van der Waals surface area (Å²) < 4.78 is 0. The van der Waals surface area contributed by atoms with Crippen LogP contribution in [-0.2, 0) is 18.3 Å². The van der Waals surface area contributed by atoms with Gasteiger partial charge in [0.05, 0.1) is 0 Å². The Morgan fingerprint density at radius 3 is 1.38 bits per heavy atom. The lowest BCUT2D eigenvalue weighted by atomic mass is 9.66. The summed E-state index contributed by atoms with van der Waals surface area (Å²) in [4.78, 5) is 2.56. The van der Waals surface area contributed by atoms with Gasteiger partial charge < -0.3 is 4.90 Å². The van der Waals surface area contributed by atoms with Crippen LogP contribution in [0.4, 0.5) is 5.69 Å². The summed E-state index contributed by atoms with van der Waals surface area (Å²) in [6.45, 7) is 4.49. The lowest BCUT2D eigenvalue weighted by Gasteiger charge is -2.36. The van der Waals surface area contributed by atoms with E-state index in [-0.39, 0.29) is 5.41 Å². The zero-order valence-corrected chi connectivity index (χ0v) is 32.9. The molecule has 270 valence electrons. The Kier molecular flexibility index (Phi) is 19.1. The van der Waals surface area contributed by atoms with E-state index in [1.807, 2.05) is 0 Å². The van der Waals surface area contributed by atoms with Crippen LogP contribution in [-0.4, -0.2) is 24.6 Å². The lowest BCUT2D eigenvalue weighted by Crippen LogP contribution is -2.29. The number of anilines is 1. The predicted octanol–water partition coefficient (Wildman–Crippen LogP) is 13.3. The van der Waals surface area contributed by atoms with Crippen LogP contribution < -0.4 is 4.90 Å². The molecule has 0 spiro atoms. The maximum atomic E-state index is 4.44. The fraction of sp³-hybridized carbons (Fsp3) is 0.489. The van der Waals surface area contributed by atoms with Crippen LogP contribution >= 0.6 is 25.3 Å². The topological polar surface area (TPSA) is 3.24 Å². The molecule has 4 aromatic carbocycles. The molecule has 0 radical (unpaired) electrons. The van der Waals surface area contributed by atoms with Gasteiger partial charge in [0, 0.05) is 24.2 Å². The molecule has 0 aliphatic heterocycles. The van der Waals surface area contributed by atoms with E-state index in [0.717, 1.165) is 56.7 Å². The predicted molar refractivity (Wildman–Crippen MR) is 228 cm³/mol. The number of hydrogen-bond acceptors (Lipinski definition) is 3. The number of aryl methyl sites for hydroxylation is 2. The highest BCUT2D eigenvalue weighted by atomic mass is 32.1. The number of thiol groups is 2. The first-order valence-electron chi connectivity index (χ1n) is 20.0. The van der Waals surface area contributed by atoms with Gasteiger partial charge in [-0.15, -0.1) is 0 Å². The first kappa shape index (κ1) is 40.2. The summed E-state index contributed by atoms with van der Waals surface area (Å²) >= 11 is 8.88. The Balaban J connectivity index is 1.46. The Hall–Kier alpha value is -2.62. The molecule has 0 aliphatic rings. The van der Waals surface area contributed by atoms with E-state index in [9.17, 15) is 0 Å². The standard InChI is InChI=1S/C47H65NS2/c1-2-3-4-5-6-7-8-9-12-22-41-28-32-45(33-29-41)47(43-24-13-10-14-25-43,44-26-15-11-16-27-44)36-21-23-42-30-34-46(35-31-42)48(37-17-19-39-49)38-18-20-40-50/h10-11,13-16,24-35,49-50H,2-9,12,17-23,36-40H2,1H3. The van der Waals surface area contributed by atoms with Crippen molar-refractivity contribution in [3.05, 3.63) is 137 Å². The van der Waals surface area contributed by atoms with E-state index >= 15 is 0 Å². The maximum Gasteiger partial charge on any atom is 0.0451 e. The van der Waals surface area contributed by atoms with E-state index in [2.05, 4.69) is 146 Å². The molecule has 0 saturated heterocycles. The molecule has 4 aromatic rings. The molecule has 0 saturated carbocycles. The van der Waals surface area contributed by atoms with Gasteiger partial charge in [0.1, 0.15) is 0 Å². The molecule has 0 aliphatic carbocycles. The molecule has 0 fully saturated rings. The minimum atomic E-state index is -0.199. The van der Waals surface area contributed by atoms with E-state index in [1.165, 1.54) is 111 Å². The van der Waals surface area contributed by atoms with Gasteiger partial charge in [0.25, 0.3) is 0 Å². The second-order valence-corrected chi connectivity index (χ2v) is 15.2. The third-order valence-electron chi connectivity index (χ3n) is 10.5. The second-order valence-electron chi connectivity index (χ2n) is 14.3. The number of unbranched alkanes of at least 4 members (excludes halogenated alkanes) is 10. The van der Waals surface area contributed by atoms with Crippen LogP contribution in [0.25, 0.3) is 0 Å². The molecule has 0 atom stereocenters. The average molecular weight is 708 g/mol. The molecule has 3 heteroatoms. The van der Waals surface area contributed by atoms with Gasteiger partial charge in [-0.2, -0.15) is 25.3 Å². The largest absolute Gasteiger partial charge is 0.372 e. The monoisotopic (exact) mass is 707 g/mol. The smallest absolute Gasteiger partial charge is 0.0451 e. The van der Waals surface area contributed by atoms with Crippen molar-refractivity contribution in [2.24, 2.45) is 0 Å². The molecule has 0 aromatic heterocycles. The first-order valence-corrected chi connectivity index (χ1v) is 21.2. The molecule has 0 N–H and O–H groups in total. The zero-order valence-electron chi connectivity index (χ0n) is 31.1. The molecule has 0 heterocycles. The summed E-state index contributed by atoms with van der Waals surface area (Å²) in [6.07, 6.45) is 21.5. The summed E-state index contributed by atoms with van der Waals surface area (Å²) in [6, 6.07) is 41.6. The number of nitrogens with zero attached hydrogens (tertiary/aromatic N) is 1. The third kappa shape index (κ3) is 12.9. The van der Waals surface area contributed by atoms with E-state index < -0.39 is 0 Å². The molecular formula is C47H65NS2. The maximum absolute atomic E-state index is 4.44. The van der Waals surface area contributed by atoms with Gasteiger partial charge in [-0.1, -0.05) is 155 Å². The van der Waals surface area contributed by atoms with E-state index in [0.29, 0.717) is 0 Å². The minimum Gasteiger partial charge on any atom is -0.372 e. The molecule has 50 heavy (non-hydrogen) atoms. The number of hydrogen-bond donors (Lipinski definition) is 2. The SMILES string of the molecule is CCCCCCCCCCCc1ccc(C(CCCc2ccc(N(CCCCS)CCCCS)cc2)(c2ccccc2)c2ccccc2)cc1. The van der Waals surface area contributed by atoms with Crippen molar-refractivity contribution in [2.45, 2.75) is 121 Å². The van der Waals surface area contributed by atoms with Crippen LogP contribution in [0.1, 0.15) is 131 Å². The highest BCUT2D eigenvalue weighted by Gasteiger charge is 2.35. The van der Waals surface area contributed by atoms with Gasteiger partial charge in [-0.05, 0) is 109 Å². The van der Waals surface area contributed by atoms with Crippen molar-refractivity contribution in [3.63, 3.8) is 0 Å². The van der Waals surface area contributed by atoms with Crippen molar-refractivity contribution in [3.8, 4) is 0 Å². The van der Waals surface area contributed by atoms with Crippen molar-refractivity contribution in [2.75, 3.05) is 29.5 Å². The Bertz CT molecular complexity index is 1350. The highest BCUT2D eigenvalue weighted by molar-refractivity contribution is 7.80. The quantitative estimate of drug-likeness (QED) is 0.0373. The average Bonchev–Trinajstić information content (AvgIpc) is 3.17. The van der Waals surface area contributed by atoms with Crippen molar-refractivity contribution in [1.82, 2.24) is 0 Å². The highest BCUT2D eigenvalue weighted by Crippen LogP contribution is 2.43. The van der Waals surface area contributed by atoms with E-state index in [4.69, 9.17) is 0 Å². The van der Waals surface area contributed by atoms with Crippen LogP contribution in [0.15, 0.2) is 109 Å². The van der Waals surface area contributed by atoms with Gasteiger partial charge in [0.2, 0.25) is 0 Å². The van der Waals surface area contributed by atoms with Gasteiger partial charge in [-0.25, -0.2) is 0 Å². The van der Waals surface area contributed by atoms with Gasteiger partial charge in [0.15, 0.2) is 0 Å². The first-order chi connectivity index (χ1) is 24.7. The number of benzene rings is 4. The number of rotatable bonds is 26. The van der Waals surface area contributed by atoms with Gasteiger partial charge in [-0.3, -0.25) is 0 Å². The lowest BCUT2D eigenvalue weighted by molar-refractivity contribution is 0.532. The molecule has 0 amide bonds. The van der Waals surface area contributed by atoms with Gasteiger partial charge >= 0.3 is 0 Å². The fourth-order valence-corrected chi connectivity index (χ4v) is 8.05. The van der Waals surface area contributed by atoms with Crippen LogP contribution in [0.2, 0.25) is 0 Å². The molecule has 0 bridgehead atoms. The summed E-state index contributed by atoms with van der Waals surface area (Å²) in [5.74, 6) is 1.92. The molecule has 1 nitrogen and oxygen atoms in total. The van der Waals surface area contributed by atoms with Crippen LogP contribution in [0.5, 0.6) is 0 Å². The summed E-state index contributed by atoms with van der Waals surface area (Å²) in [7, 11) is 0. The minimum absolute atomic E-state index is 0.199. The van der Waals surface area contributed by atoms with Crippen LogP contribution in [0, 0.1) is 0 Å². The molecule has 0 unspecified atom stereocenters.